The van der Waals surface area contributed by atoms with E-state index in [0.717, 1.165) is 28.1 Å². The summed E-state index contributed by atoms with van der Waals surface area (Å²) >= 11 is 0. The monoisotopic (exact) mass is 422 g/mol. The number of para-hydroxylation sites is 1. The molecule has 0 radical (unpaired) electrons. The summed E-state index contributed by atoms with van der Waals surface area (Å²) in [6, 6.07) is 27.8. The fourth-order valence-corrected chi connectivity index (χ4v) is 5.50. The smallest absolute Gasteiger partial charge is 0.260 e. The number of rotatable bonds is 3. The largest absolute Gasteiger partial charge is 0.300 e. The summed E-state index contributed by atoms with van der Waals surface area (Å²) in [5, 5.41) is 6.34. The number of amides is 1. The van der Waals surface area contributed by atoms with Gasteiger partial charge in [0.05, 0.1) is 11.4 Å². The molecule has 0 N–H and O–H groups in total. The summed E-state index contributed by atoms with van der Waals surface area (Å²) in [7, 11) is 0. The Morgan fingerprint density at radius 1 is 0.750 bits per heavy atom. The average Bonchev–Trinajstić information content (AvgIpc) is 3.08. The van der Waals surface area contributed by atoms with E-state index in [2.05, 4.69) is 24.3 Å². The molecule has 3 atom stereocenters. The molecule has 2 aliphatic rings. The Morgan fingerprint density at radius 2 is 1.28 bits per heavy atom. The Hall–Kier alpha value is -3.53. The molecule has 0 saturated heterocycles. The summed E-state index contributed by atoms with van der Waals surface area (Å²) < 4.78 is 0. The standard InChI is InChI=1S/C28H26N2O2/c1-19-13-15-22(16-14-19)26-18-24(31)17-25(21-9-5-3-6-10-21)28(26)20(2)29-30(27(28)32)23-11-7-4-8-12-23/h3-16,25-26H,17-18H2,1-2H3/t25-,26-,28-/m1/s1. The zero-order chi connectivity index (χ0) is 22.3. The minimum Gasteiger partial charge on any atom is -0.300 e. The second kappa shape index (κ2) is 7.86. The van der Waals surface area contributed by atoms with Gasteiger partial charge in [0.2, 0.25) is 0 Å². The van der Waals surface area contributed by atoms with Crippen molar-refractivity contribution in [1.29, 1.82) is 0 Å². The van der Waals surface area contributed by atoms with E-state index < -0.39 is 5.41 Å². The van der Waals surface area contributed by atoms with Crippen molar-refractivity contribution in [3.05, 3.63) is 102 Å². The van der Waals surface area contributed by atoms with Gasteiger partial charge in [-0.05, 0) is 37.1 Å². The van der Waals surface area contributed by atoms with Crippen LogP contribution in [0.2, 0.25) is 0 Å². The minimum absolute atomic E-state index is 0.0480. The lowest BCUT2D eigenvalue weighted by Gasteiger charge is -2.45. The summed E-state index contributed by atoms with van der Waals surface area (Å²) in [6.07, 6.45) is 0.682. The lowest BCUT2D eigenvalue weighted by Crippen LogP contribution is -2.52. The van der Waals surface area contributed by atoms with Crippen molar-refractivity contribution in [3.63, 3.8) is 0 Å². The molecule has 160 valence electrons. The van der Waals surface area contributed by atoms with Crippen molar-refractivity contribution in [1.82, 2.24) is 0 Å². The van der Waals surface area contributed by atoms with Crippen LogP contribution in [0, 0.1) is 12.3 Å². The topological polar surface area (TPSA) is 49.7 Å². The molecule has 1 aliphatic heterocycles. The first-order valence-electron chi connectivity index (χ1n) is 11.1. The third-order valence-corrected chi connectivity index (χ3v) is 7.04. The van der Waals surface area contributed by atoms with Crippen molar-refractivity contribution in [3.8, 4) is 0 Å². The molecule has 3 aromatic rings. The van der Waals surface area contributed by atoms with Gasteiger partial charge in [-0.25, -0.2) is 0 Å². The molecule has 1 saturated carbocycles. The molecular weight excluding hydrogens is 396 g/mol. The van der Waals surface area contributed by atoms with Crippen molar-refractivity contribution in [2.24, 2.45) is 10.5 Å². The Balaban J connectivity index is 1.72. The van der Waals surface area contributed by atoms with Gasteiger partial charge in [-0.1, -0.05) is 78.4 Å². The summed E-state index contributed by atoms with van der Waals surface area (Å²) in [5.41, 5.74) is 3.80. The van der Waals surface area contributed by atoms with E-state index >= 15 is 0 Å². The first-order valence-corrected chi connectivity index (χ1v) is 11.1. The fraction of sp³-hybridized carbons (Fsp3) is 0.250. The molecule has 32 heavy (non-hydrogen) atoms. The number of Topliss-reactive ketones (excluding diaryl/α,β-unsaturated/α-hetero) is 1. The number of hydrogen-bond donors (Lipinski definition) is 0. The number of hydrogen-bond acceptors (Lipinski definition) is 3. The molecule has 3 aromatic carbocycles. The SMILES string of the molecule is CC1=NN(c2ccccc2)C(=O)[C@@]12[C@@H](c1ccccc1)CC(=O)C[C@@H]2c1ccc(C)cc1. The molecule has 5 rings (SSSR count). The van der Waals surface area contributed by atoms with Crippen LogP contribution in [-0.4, -0.2) is 17.4 Å². The van der Waals surface area contributed by atoms with Crippen LogP contribution in [0.5, 0.6) is 0 Å². The number of ketones is 1. The van der Waals surface area contributed by atoms with Gasteiger partial charge >= 0.3 is 0 Å². The van der Waals surface area contributed by atoms with E-state index in [9.17, 15) is 9.59 Å². The Kier molecular flexibility index (Phi) is 5.01. The molecule has 1 heterocycles. The van der Waals surface area contributed by atoms with Crippen LogP contribution >= 0.6 is 0 Å². The van der Waals surface area contributed by atoms with Crippen LogP contribution < -0.4 is 5.01 Å². The third-order valence-electron chi connectivity index (χ3n) is 7.04. The zero-order valence-electron chi connectivity index (χ0n) is 18.4. The predicted molar refractivity (Wildman–Crippen MR) is 127 cm³/mol. The van der Waals surface area contributed by atoms with Crippen molar-refractivity contribution < 1.29 is 9.59 Å². The summed E-state index contributed by atoms with van der Waals surface area (Å²) in [4.78, 5) is 27.4. The lowest BCUT2D eigenvalue weighted by molar-refractivity contribution is -0.131. The van der Waals surface area contributed by atoms with Gasteiger partial charge < -0.3 is 0 Å². The van der Waals surface area contributed by atoms with Crippen LogP contribution in [0.3, 0.4) is 0 Å². The fourth-order valence-electron chi connectivity index (χ4n) is 5.50. The second-order valence-corrected chi connectivity index (χ2v) is 8.88. The van der Waals surface area contributed by atoms with Gasteiger partial charge in [-0.15, -0.1) is 0 Å². The van der Waals surface area contributed by atoms with E-state index in [1.165, 1.54) is 0 Å². The van der Waals surface area contributed by atoms with Crippen LogP contribution in [-0.2, 0) is 9.59 Å². The highest BCUT2D eigenvalue weighted by molar-refractivity contribution is 6.21. The maximum Gasteiger partial charge on any atom is 0.260 e. The number of nitrogens with zero attached hydrogens (tertiary/aromatic N) is 2. The van der Waals surface area contributed by atoms with Crippen molar-refractivity contribution in [2.75, 3.05) is 5.01 Å². The molecule has 4 heteroatoms. The van der Waals surface area contributed by atoms with E-state index in [1.807, 2.05) is 74.5 Å². The Morgan fingerprint density at radius 3 is 1.88 bits per heavy atom. The van der Waals surface area contributed by atoms with Gasteiger partial charge in [0.1, 0.15) is 11.2 Å². The first kappa shape index (κ1) is 20.4. The maximum absolute atomic E-state index is 14.3. The summed E-state index contributed by atoms with van der Waals surface area (Å²) in [5.74, 6) is -0.386. The van der Waals surface area contributed by atoms with Crippen LogP contribution in [0.1, 0.15) is 48.3 Å². The molecule has 0 unspecified atom stereocenters. The van der Waals surface area contributed by atoms with E-state index in [4.69, 9.17) is 5.10 Å². The highest BCUT2D eigenvalue weighted by Gasteiger charge is 2.62. The van der Waals surface area contributed by atoms with Crippen molar-refractivity contribution >= 4 is 23.1 Å². The van der Waals surface area contributed by atoms with E-state index in [0.29, 0.717) is 12.8 Å². The molecule has 0 aromatic heterocycles. The van der Waals surface area contributed by atoms with Crippen molar-refractivity contribution in [2.45, 2.75) is 38.5 Å². The lowest BCUT2D eigenvalue weighted by atomic mass is 9.54. The van der Waals surface area contributed by atoms with E-state index in [-0.39, 0.29) is 23.5 Å². The molecular formula is C28H26N2O2. The predicted octanol–water partition coefficient (Wildman–Crippen LogP) is 5.63. The van der Waals surface area contributed by atoms with Gasteiger partial charge in [-0.3, -0.25) is 9.59 Å². The number of aryl methyl sites for hydroxylation is 1. The highest BCUT2D eigenvalue weighted by Crippen LogP contribution is 2.58. The van der Waals surface area contributed by atoms with Crippen LogP contribution in [0.4, 0.5) is 5.69 Å². The zero-order valence-corrected chi connectivity index (χ0v) is 18.4. The normalized spacial score (nSPS) is 25.3. The number of carbonyl (C=O) groups excluding carboxylic acids is 2. The Bertz CT molecular complexity index is 1190. The number of carbonyl (C=O) groups is 2. The highest BCUT2D eigenvalue weighted by atomic mass is 16.2. The molecule has 1 spiro atoms. The molecule has 4 nitrogen and oxygen atoms in total. The number of hydrazone groups is 1. The molecule has 1 aliphatic carbocycles. The second-order valence-electron chi connectivity index (χ2n) is 8.88. The van der Waals surface area contributed by atoms with Gasteiger partial charge in [0, 0.05) is 24.7 Å². The van der Waals surface area contributed by atoms with Crippen LogP contribution in [0.25, 0.3) is 0 Å². The third kappa shape index (κ3) is 3.10. The van der Waals surface area contributed by atoms with Gasteiger partial charge in [-0.2, -0.15) is 10.1 Å². The number of benzene rings is 3. The summed E-state index contributed by atoms with van der Waals surface area (Å²) in [6.45, 7) is 4.00. The number of anilines is 1. The van der Waals surface area contributed by atoms with Crippen LogP contribution in [0.15, 0.2) is 90.0 Å². The average molecular weight is 423 g/mol. The Labute approximate surface area is 188 Å². The van der Waals surface area contributed by atoms with E-state index in [1.54, 1.807) is 5.01 Å². The van der Waals surface area contributed by atoms with Gasteiger partial charge in [0.25, 0.3) is 5.91 Å². The molecule has 1 fully saturated rings. The minimum atomic E-state index is -0.902. The maximum atomic E-state index is 14.3. The quantitative estimate of drug-likeness (QED) is 0.549. The molecule has 1 amide bonds. The molecule has 0 bridgehead atoms. The first-order chi connectivity index (χ1) is 15.5. The van der Waals surface area contributed by atoms with Gasteiger partial charge in [0.15, 0.2) is 0 Å².